The van der Waals surface area contributed by atoms with Crippen molar-refractivity contribution in [2.75, 3.05) is 0 Å². The van der Waals surface area contributed by atoms with Gasteiger partial charge in [-0.15, -0.1) is 0 Å². The molecule has 31 heavy (non-hydrogen) atoms. The van der Waals surface area contributed by atoms with E-state index in [0.717, 1.165) is 23.2 Å². The largest absolute Gasteiger partial charge is 0.460 e. The minimum atomic E-state index is -1.40. The summed E-state index contributed by atoms with van der Waals surface area (Å²) >= 11 is 0. The van der Waals surface area contributed by atoms with Gasteiger partial charge in [-0.25, -0.2) is 4.79 Å². The van der Waals surface area contributed by atoms with Crippen molar-refractivity contribution in [3.8, 4) is 17.2 Å². The fourth-order valence-electron chi connectivity index (χ4n) is 5.60. The highest BCUT2D eigenvalue weighted by atomic mass is 16.6. The van der Waals surface area contributed by atoms with Crippen LogP contribution < -0.4 is 0 Å². The van der Waals surface area contributed by atoms with Crippen molar-refractivity contribution < 1.29 is 14.6 Å². The number of aromatic nitrogens is 1. The van der Waals surface area contributed by atoms with Crippen molar-refractivity contribution in [1.29, 1.82) is 5.26 Å². The van der Waals surface area contributed by atoms with Crippen LogP contribution in [-0.2, 0) is 9.53 Å². The Bertz CT molecular complexity index is 1040. The minimum Gasteiger partial charge on any atom is -0.460 e. The lowest BCUT2D eigenvalue weighted by Crippen LogP contribution is -2.53. The molecule has 1 aromatic carbocycles. The number of ether oxygens (including phenoxy) is 1. The molecule has 0 spiro atoms. The van der Waals surface area contributed by atoms with E-state index in [1.807, 2.05) is 43.3 Å². The second-order valence-electron chi connectivity index (χ2n) is 8.91. The number of hydrogen-bond donors (Lipinski definition) is 1. The second-order valence-corrected chi connectivity index (χ2v) is 8.91. The van der Waals surface area contributed by atoms with E-state index in [0.29, 0.717) is 17.9 Å². The summed E-state index contributed by atoms with van der Waals surface area (Å²) in [5, 5.41) is 20.3. The molecule has 1 N–H and O–H groups in total. The molecule has 5 unspecified atom stereocenters. The van der Waals surface area contributed by atoms with Crippen LogP contribution in [0.3, 0.4) is 0 Å². The molecule has 1 aromatic heterocycles. The number of hydrogen-bond acceptors (Lipinski definition) is 5. The van der Waals surface area contributed by atoms with E-state index in [1.54, 1.807) is 12.3 Å². The Kier molecular flexibility index (Phi) is 5.68. The summed E-state index contributed by atoms with van der Waals surface area (Å²) in [4.78, 5) is 17.0. The van der Waals surface area contributed by atoms with Crippen LogP contribution in [0.5, 0.6) is 0 Å². The normalized spacial score (nSPS) is 32.5. The van der Waals surface area contributed by atoms with Gasteiger partial charge in [-0.3, -0.25) is 4.98 Å². The first kappa shape index (κ1) is 21.3. The number of nitriles is 1. The first-order valence-corrected chi connectivity index (χ1v) is 11.0. The van der Waals surface area contributed by atoms with E-state index < -0.39 is 11.6 Å². The number of aliphatic hydroxyl groups is 1. The Morgan fingerprint density at radius 1 is 1.29 bits per heavy atom. The summed E-state index contributed by atoms with van der Waals surface area (Å²) in [6.07, 6.45) is 7.02. The second kappa shape index (κ2) is 8.28. The molecular weight excluding hydrogens is 388 g/mol. The molecule has 4 rings (SSSR count). The number of rotatable bonds is 4. The highest BCUT2D eigenvalue weighted by Crippen LogP contribution is 2.52. The molecule has 0 amide bonds. The Hall–Kier alpha value is -2.97. The summed E-state index contributed by atoms with van der Waals surface area (Å²) < 4.78 is 5.46. The first-order valence-electron chi connectivity index (χ1n) is 11.0. The van der Waals surface area contributed by atoms with Gasteiger partial charge in [0.1, 0.15) is 6.10 Å². The van der Waals surface area contributed by atoms with Crippen LogP contribution >= 0.6 is 0 Å². The van der Waals surface area contributed by atoms with Gasteiger partial charge >= 0.3 is 5.97 Å². The van der Waals surface area contributed by atoms with Gasteiger partial charge < -0.3 is 9.84 Å². The van der Waals surface area contributed by atoms with E-state index in [1.165, 1.54) is 0 Å². The van der Waals surface area contributed by atoms with Crippen molar-refractivity contribution in [3.05, 3.63) is 59.9 Å². The Balaban J connectivity index is 1.60. The van der Waals surface area contributed by atoms with Crippen molar-refractivity contribution >= 4 is 12.0 Å². The smallest absolute Gasteiger partial charge is 0.338 e. The maximum atomic E-state index is 12.4. The first-order chi connectivity index (χ1) is 14.9. The van der Waals surface area contributed by atoms with Crippen LogP contribution in [0.15, 0.2) is 48.7 Å². The van der Waals surface area contributed by atoms with Gasteiger partial charge in [0, 0.05) is 17.7 Å². The lowest BCUT2D eigenvalue weighted by atomic mass is 9.59. The number of cyclic esters (lactones) is 1. The molecule has 2 aliphatic rings. The maximum Gasteiger partial charge on any atom is 0.338 e. The molecule has 0 radical (unpaired) electrons. The molecule has 6 atom stereocenters. The van der Waals surface area contributed by atoms with E-state index >= 15 is 0 Å². The van der Waals surface area contributed by atoms with Gasteiger partial charge in [0.2, 0.25) is 0 Å². The molecule has 1 aliphatic carbocycles. The average molecular weight is 417 g/mol. The van der Waals surface area contributed by atoms with E-state index in [-0.39, 0.29) is 23.9 Å². The maximum absolute atomic E-state index is 12.4. The van der Waals surface area contributed by atoms with Gasteiger partial charge in [0.15, 0.2) is 5.60 Å². The number of esters is 1. The lowest BCUT2D eigenvalue weighted by Gasteiger charge is -2.45. The van der Waals surface area contributed by atoms with Gasteiger partial charge in [-0.2, -0.15) is 5.26 Å². The predicted molar refractivity (Wildman–Crippen MR) is 118 cm³/mol. The Morgan fingerprint density at radius 2 is 2.10 bits per heavy atom. The molecule has 160 valence electrons. The van der Waals surface area contributed by atoms with Crippen LogP contribution in [0.4, 0.5) is 0 Å². The summed E-state index contributed by atoms with van der Waals surface area (Å²) in [6, 6.07) is 13.6. The van der Waals surface area contributed by atoms with Gasteiger partial charge in [0.25, 0.3) is 0 Å². The molecule has 2 aromatic rings. The summed E-state index contributed by atoms with van der Waals surface area (Å²) in [5.74, 6) is -0.0979. The molecule has 0 bridgehead atoms. The van der Waals surface area contributed by atoms with Crippen molar-refractivity contribution in [1.82, 2.24) is 4.98 Å². The van der Waals surface area contributed by atoms with E-state index in [4.69, 9.17) is 10.00 Å². The number of nitrogens with zero attached hydrogens (tertiary/aromatic N) is 2. The number of fused-ring (bicyclic) bond motifs is 1. The third-order valence-electron chi connectivity index (χ3n) is 7.05. The number of carbonyl (C=O) groups is 1. The Labute approximate surface area is 183 Å². The number of pyridine rings is 1. The third-order valence-corrected chi connectivity index (χ3v) is 7.05. The lowest BCUT2D eigenvalue weighted by molar-refractivity contribution is -0.160. The van der Waals surface area contributed by atoms with Crippen LogP contribution in [0.1, 0.15) is 44.9 Å². The highest BCUT2D eigenvalue weighted by Gasteiger charge is 2.62. The Morgan fingerprint density at radius 3 is 2.77 bits per heavy atom. The summed E-state index contributed by atoms with van der Waals surface area (Å²) in [6.45, 7) is 6.16. The molecule has 2 heterocycles. The monoisotopic (exact) mass is 416 g/mol. The van der Waals surface area contributed by atoms with Crippen LogP contribution in [0.2, 0.25) is 0 Å². The van der Waals surface area contributed by atoms with Crippen molar-refractivity contribution in [2.24, 2.45) is 23.7 Å². The van der Waals surface area contributed by atoms with Crippen LogP contribution in [0.25, 0.3) is 17.2 Å². The number of allylic oxidation sites excluding steroid dienone is 1. The highest BCUT2D eigenvalue weighted by molar-refractivity contribution is 5.82. The number of benzene rings is 1. The SMILES string of the molecule is CCC1C(C)CC2(O)C(=O)O[C@H](C)C2C1/C=C/c1ccc(-c2cccc(C#N)c2)cn1. The average Bonchev–Trinajstić information content (AvgIpc) is 2.99. The molecule has 1 aliphatic heterocycles. The molecule has 1 saturated carbocycles. The molecule has 2 fully saturated rings. The standard InChI is InChI=1S/C26H28N2O3/c1-4-22-16(2)13-26(30)24(17(3)31-25(26)29)23(22)11-10-21-9-8-20(15-28-21)19-7-5-6-18(12-19)14-27/h5-12,15-17,22-24,30H,4,13H2,1-3H3/b11-10+/t16?,17-,22?,23?,24?,26?/m1/s1. The van der Waals surface area contributed by atoms with Crippen LogP contribution in [0, 0.1) is 35.0 Å². The topological polar surface area (TPSA) is 83.2 Å². The zero-order chi connectivity index (χ0) is 22.2. The zero-order valence-corrected chi connectivity index (χ0v) is 18.2. The van der Waals surface area contributed by atoms with Gasteiger partial charge in [-0.05, 0) is 60.9 Å². The minimum absolute atomic E-state index is 0.0361. The van der Waals surface area contributed by atoms with Crippen molar-refractivity contribution in [2.45, 2.75) is 45.3 Å². The third kappa shape index (κ3) is 3.77. The van der Waals surface area contributed by atoms with Gasteiger partial charge in [0.05, 0.1) is 17.3 Å². The number of carbonyl (C=O) groups excluding carboxylic acids is 1. The molecule has 5 heteroatoms. The molecule has 5 nitrogen and oxygen atoms in total. The molecule has 1 saturated heterocycles. The summed E-state index contributed by atoms with van der Waals surface area (Å²) in [7, 11) is 0. The van der Waals surface area contributed by atoms with E-state index in [9.17, 15) is 9.90 Å². The van der Waals surface area contributed by atoms with Crippen molar-refractivity contribution in [3.63, 3.8) is 0 Å². The van der Waals surface area contributed by atoms with E-state index in [2.05, 4.69) is 31.0 Å². The quantitative estimate of drug-likeness (QED) is 0.736. The summed E-state index contributed by atoms with van der Waals surface area (Å²) in [5.41, 5.74) is 1.94. The fraction of sp³-hybridized carbons (Fsp3) is 0.423. The predicted octanol–water partition coefficient (Wildman–Crippen LogP) is 4.61. The fourth-order valence-corrected chi connectivity index (χ4v) is 5.60. The molecular formula is C26H28N2O3. The van der Waals surface area contributed by atoms with Crippen LogP contribution in [-0.4, -0.2) is 27.8 Å². The van der Waals surface area contributed by atoms with Gasteiger partial charge in [-0.1, -0.05) is 44.5 Å². The zero-order valence-electron chi connectivity index (χ0n) is 18.2.